The SMILES string of the molecule is O=C(NC1C2CCC(O2)C1C(=O)O)OCc1ccccc1. The smallest absolute Gasteiger partial charge is 0.407 e. The van der Waals surface area contributed by atoms with E-state index in [1.807, 2.05) is 30.3 Å². The van der Waals surface area contributed by atoms with Gasteiger partial charge in [-0.05, 0) is 18.4 Å². The highest BCUT2D eigenvalue weighted by Gasteiger charge is 2.53. The van der Waals surface area contributed by atoms with Crippen molar-refractivity contribution < 1.29 is 24.2 Å². The summed E-state index contributed by atoms with van der Waals surface area (Å²) in [6.07, 6.45) is 0.385. The molecule has 4 atom stereocenters. The van der Waals surface area contributed by atoms with E-state index >= 15 is 0 Å². The maximum Gasteiger partial charge on any atom is 0.407 e. The first-order chi connectivity index (χ1) is 10.1. The average molecular weight is 291 g/mol. The fourth-order valence-electron chi connectivity index (χ4n) is 3.08. The van der Waals surface area contributed by atoms with Crippen LogP contribution in [0, 0.1) is 5.92 Å². The number of carbonyl (C=O) groups is 2. The largest absolute Gasteiger partial charge is 0.481 e. The van der Waals surface area contributed by atoms with E-state index in [9.17, 15) is 14.7 Å². The zero-order valence-electron chi connectivity index (χ0n) is 11.4. The predicted octanol–water partition coefficient (Wildman–Crippen LogP) is 1.54. The predicted molar refractivity (Wildman–Crippen MR) is 72.6 cm³/mol. The molecule has 2 bridgehead atoms. The monoisotopic (exact) mass is 291 g/mol. The summed E-state index contributed by atoms with van der Waals surface area (Å²) in [4.78, 5) is 23.1. The number of carboxylic acid groups (broad SMARTS) is 1. The molecule has 0 spiro atoms. The second kappa shape index (κ2) is 5.73. The van der Waals surface area contributed by atoms with Gasteiger partial charge in [0.15, 0.2) is 0 Å². The molecule has 4 unspecified atom stereocenters. The number of alkyl carbamates (subject to hydrolysis) is 1. The van der Waals surface area contributed by atoms with Gasteiger partial charge in [0.25, 0.3) is 0 Å². The Morgan fingerprint density at radius 2 is 1.95 bits per heavy atom. The zero-order chi connectivity index (χ0) is 14.8. The lowest BCUT2D eigenvalue weighted by Gasteiger charge is -2.25. The van der Waals surface area contributed by atoms with Gasteiger partial charge in [0.1, 0.15) is 12.5 Å². The Bertz CT molecular complexity index is 532. The quantitative estimate of drug-likeness (QED) is 0.879. The van der Waals surface area contributed by atoms with Crippen LogP contribution in [0.5, 0.6) is 0 Å². The Kier molecular flexibility index (Phi) is 3.79. The highest BCUT2D eigenvalue weighted by molar-refractivity contribution is 5.75. The average Bonchev–Trinajstić information content (AvgIpc) is 3.07. The van der Waals surface area contributed by atoms with Crippen molar-refractivity contribution >= 4 is 12.1 Å². The van der Waals surface area contributed by atoms with Crippen molar-refractivity contribution in [3.05, 3.63) is 35.9 Å². The molecule has 1 amide bonds. The molecule has 2 aliphatic rings. The van der Waals surface area contributed by atoms with Crippen LogP contribution in [-0.2, 0) is 20.9 Å². The van der Waals surface area contributed by atoms with Gasteiger partial charge in [0.05, 0.1) is 18.2 Å². The molecule has 2 N–H and O–H groups in total. The van der Waals surface area contributed by atoms with Gasteiger partial charge in [0, 0.05) is 0 Å². The van der Waals surface area contributed by atoms with Crippen molar-refractivity contribution in [1.29, 1.82) is 0 Å². The van der Waals surface area contributed by atoms with Crippen LogP contribution >= 0.6 is 0 Å². The lowest BCUT2D eigenvalue weighted by molar-refractivity contribution is -0.144. The maximum absolute atomic E-state index is 11.8. The van der Waals surface area contributed by atoms with Gasteiger partial charge in [-0.3, -0.25) is 4.79 Å². The molecular weight excluding hydrogens is 274 g/mol. The first-order valence-corrected chi connectivity index (χ1v) is 7.00. The number of fused-ring (bicyclic) bond motifs is 2. The van der Waals surface area contributed by atoms with Crippen molar-refractivity contribution in [2.24, 2.45) is 5.92 Å². The Morgan fingerprint density at radius 3 is 2.67 bits per heavy atom. The molecule has 3 rings (SSSR count). The standard InChI is InChI=1S/C15H17NO5/c17-14(18)12-10-6-7-11(21-10)13(12)16-15(19)20-8-9-4-2-1-3-5-9/h1-5,10-13H,6-8H2,(H,16,19)(H,17,18). The number of amides is 1. The first-order valence-electron chi connectivity index (χ1n) is 7.00. The van der Waals surface area contributed by atoms with Gasteiger partial charge >= 0.3 is 12.1 Å². The van der Waals surface area contributed by atoms with E-state index in [2.05, 4.69) is 5.32 Å². The van der Waals surface area contributed by atoms with Crippen molar-refractivity contribution in [1.82, 2.24) is 5.32 Å². The minimum atomic E-state index is -0.935. The molecule has 6 nitrogen and oxygen atoms in total. The molecule has 112 valence electrons. The van der Waals surface area contributed by atoms with Crippen LogP contribution in [0.4, 0.5) is 4.79 Å². The van der Waals surface area contributed by atoms with Crippen LogP contribution in [0.2, 0.25) is 0 Å². The van der Waals surface area contributed by atoms with E-state index in [1.54, 1.807) is 0 Å². The molecule has 0 radical (unpaired) electrons. The molecule has 0 aliphatic carbocycles. The van der Waals surface area contributed by atoms with E-state index in [4.69, 9.17) is 9.47 Å². The lowest BCUT2D eigenvalue weighted by atomic mass is 9.84. The second-order valence-electron chi connectivity index (χ2n) is 5.39. The van der Waals surface area contributed by atoms with Gasteiger partial charge in [-0.1, -0.05) is 30.3 Å². The molecule has 0 aromatic heterocycles. The summed E-state index contributed by atoms with van der Waals surface area (Å²) in [7, 11) is 0. The molecule has 6 heteroatoms. The number of hydrogen-bond donors (Lipinski definition) is 2. The number of carboxylic acids is 1. The molecule has 2 saturated heterocycles. The fraction of sp³-hybridized carbons (Fsp3) is 0.467. The molecule has 2 aliphatic heterocycles. The van der Waals surface area contributed by atoms with Gasteiger partial charge in [-0.25, -0.2) is 4.79 Å². The summed E-state index contributed by atoms with van der Waals surface area (Å²) in [5.41, 5.74) is 0.881. The number of nitrogens with one attached hydrogen (secondary N) is 1. The van der Waals surface area contributed by atoms with Crippen LogP contribution < -0.4 is 5.32 Å². The third-order valence-corrected chi connectivity index (χ3v) is 4.06. The molecule has 2 heterocycles. The first kappa shape index (κ1) is 13.9. The number of aliphatic carboxylic acids is 1. The maximum atomic E-state index is 11.8. The Morgan fingerprint density at radius 1 is 1.24 bits per heavy atom. The van der Waals surface area contributed by atoms with Crippen LogP contribution in [-0.4, -0.2) is 35.4 Å². The Hall–Kier alpha value is -2.08. The minimum absolute atomic E-state index is 0.159. The third-order valence-electron chi connectivity index (χ3n) is 4.06. The highest BCUT2D eigenvalue weighted by Crippen LogP contribution is 2.39. The molecule has 1 aromatic carbocycles. The minimum Gasteiger partial charge on any atom is -0.481 e. The fourth-order valence-corrected chi connectivity index (χ4v) is 3.08. The van der Waals surface area contributed by atoms with E-state index < -0.39 is 24.0 Å². The Balaban J connectivity index is 1.56. The third kappa shape index (κ3) is 2.85. The Labute approximate surface area is 122 Å². The zero-order valence-corrected chi connectivity index (χ0v) is 11.4. The summed E-state index contributed by atoms with van der Waals surface area (Å²) in [6, 6.07) is 8.81. The van der Waals surface area contributed by atoms with E-state index in [1.165, 1.54) is 0 Å². The number of benzene rings is 1. The number of rotatable bonds is 4. The molecular formula is C15H17NO5. The number of hydrogen-bond acceptors (Lipinski definition) is 4. The molecule has 2 fully saturated rings. The summed E-state index contributed by atoms with van der Waals surface area (Å²) in [5.74, 6) is -1.62. The normalized spacial score (nSPS) is 30.1. The molecule has 0 saturated carbocycles. The van der Waals surface area contributed by atoms with Crippen LogP contribution in [0.3, 0.4) is 0 Å². The van der Waals surface area contributed by atoms with Crippen molar-refractivity contribution in [3.8, 4) is 0 Å². The van der Waals surface area contributed by atoms with E-state index in [0.717, 1.165) is 18.4 Å². The summed E-state index contributed by atoms with van der Waals surface area (Å²) < 4.78 is 10.7. The summed E-state index contributed by atoms with van der Waals surface area (Å²) in [5, 5.41) is 11.9. The van der Waals surface area contributed by atoms with Gasteiger partial charge in [-0.15, -0.1) is 0 Å². The van der Waals surface area contributed by atoms with Crippen molar-refractivity contribution in [3.63, 3.8) is 0 Å². The van der Waals surface area contributed by atoms with Gasteiger partial charge in [-0.2, -0.15) is 0 Å². The molecule has 1 aromatic rings. The van der Waals surface area contributed by atoms with Crippen LogP contribution in [0.25, 0.3) is 0 Å². The van der Waals surface area contributed by atoms with E-state index in [0.29, 0.717) is 0 Å². The summed E-state index contributed by atoms with van der Waals surface area (Å²) >= 11 is 0. The second-order valence-corrected chi connectivity index (χ2v) is 5.39. The van der Waals surface area contributed by atoms with Crippen LogP contribution in [0.1, 0.15) is 18.4 Å². The van der Waals surface area contributed by atoms with E-state index in [-0.39, 0.29) is 18.8 Å². The number of carbonyl (C=O) groups excluding carboxylic acids is 1. The van der Waals surface area contributed by atoms with Gasteiger partial charge < -0.3 is 19.9 Å². The van der Waals surface area contributed by atoms with Crippen molar-refractivity contribution in [2.75, 3.05) is 0 Å². The number of ether oxygens (including phenoxy) is 2. The summed E-state index contributed by atoms with van der Waals surface area (Å²) in [6.45, 7) is 0.159. The topological polar surface area (TPSA) is 84.9 Å². The van der Waals surface area contributed by atoms with Gasteiger partial charge in [0.2, 0.25) is 0 Å². The lowest BCUT2D eigenvalue weighted by Crippen LogP contribution is -2.49. The molecule has 21 heavy (non-hydrogen) atoms. The highest BCUT2D eigenvalue weighted by atomic mass is 16.6. The van der Waals surface area contributed by atoms with Crippen LogP contribution in [0.15, 0.2) is 30.3 Å². The van der Waals surface area contributed by atoms with Crippen molar-refractivity contribution in [2.45, 2.75) is 37.7 Å².